The molecule has 0 N–H and O–H groups in total. The SMILES string of the molecule is CS(=O)(=O)c1ccccc1C(=O)c1ccccc1. The third kappa shape index (κ3) is 2.49. The van der Waals surface area contributed by atoms with Crippen LogP contribution in [0.1, 0.15) is 15.9 Å². The Labute approximate surface area is 106 Å². The van der Waals surface area contributed by atoms with Crippen LogP contribution < -0.4 is 0 Å². The van der Waals surface area contributed by atoms with Gasteiger partial charge in [-0.3, -0.25) is 4.79 Å². The smallest absolute Gasteiger partial charge is 0.194 e. The third-order valence-corrected chi connectivity index (χ3v) is 3.72. The summed E-state index contributed by atoms with van der Waals surface area (Å²) >= 11 is 0. The van der Waals surface area contributed by atoms with Gasteiger partial charge in [0.1, 0.15) is 0 Å². The molecule has 0 bridgehead atoms. The van der Waals surface area contributed by atoms with Crippen LogP contribution in [0.15, 0.2) is 59.5 Å². The van der Waals surface area contributed by atoms with E-state index >= 15 is 0 Å². The topological polar surface area (TPSA) is 51.2 Å². The van der Waals surface area contributed by atoms with Crippen LogP contribution in [0, 0.1) is 0 Å². The maximum atomic E-state index is 12.2. The van der Waals surface area contributed by atoms with Crippen LogP contribution in [0.2, 0.25) is 0 Å². The Morgan fingerprint density at radius 2 is 1.44 bits per heavy atom. The first-order valence-corrected chi connectivity index (χ1v) is 7.28. The minimum absolute atomic E-state index is 0.0684. The van der Waals surface area contributed by atoms with Crippen molar-refractivity contribution in [1.29, 1.82) is 0 Å². The van der Waals surface area contributed by atoms with Gasteiger partial charge in [-0.25, -0.2) is 8.42 Å². The van der Waals surface area contributed by atoms with Crippen molar-refractivity contribution in [3.05, 3.63) is 65.7 Å². The van der Waals surface area contributed by atoms with Gasteiger partial charge < -0.3 is 0 Å². The normalized spacial score (nSPS) is 11.2. The second-order valence-electron chi connectivity index (χ2n) is 3.96. The molecule has 2 aromatic rings. The summed E-state index contributed by atoms with van der Waals surface area (Å²) in [6.07, 6.45) is 1.10. The fourth-order valence-electron chi connectivity index (χ4n) is 1.72. The molecule has 0 aliphatic carbocycles. The third-order valence-electron chi connectivity index (χ3n) is 2.57. The summed E-state index contributed by atoms with van der Waals surface area (Å²) in [6, 6.07) is 14.9. The molecule has 92 valence electrons. The lowest BCUT2D eigenvalue weighted by Gasteiger charge is -2.06. The lowest BCUT2D eigenvalue weighted by atomic mass is 10.0. The molecular weight excluding hydrogens is 248 g/mol. The molecule has 0 aliphatic heterocycles. The van der Waals surface area contributed by atoms with Crippen LogP contribution in [0.5, 0.6) is 0 Å². The Balaban J connectivity index is 2.57. The highest BCUT2D eigenvalue weighted by Crippen LogP contribution is 2.18. The maximum absolute atomic E-state index is 12.2. The molecule has 0 spiro atoms. The van der Waals surface area contributed by atoms with Gasteiger partial charge in [0.2, 0.25) is 0 Å². The van der Waals surface area contributed by atoms with Crippen molar-refractivity contribution in [3.63, 3.8) is 0 Å². The van der Waals surface area contributed by atoms with Crippen LogP contribution >= 0.6 is 0 Å². The molecule has 2 rings (SSSR count). The van der Waals surface area contributed by atoms with E-state index in [1.54, 1.807) is 42.5 Å². The molecule has 0 radical (unpaired) electrons. The molecule has 0 fully saturated rings. The number of sulfone groups is 1. The predicted molar refractivity (Wildman–Crippen MR) is 69.4 cm³/mol. The van der Waals surface area contributed by atoms with Gasteiger partial charge in [-0.15, -0.1) is 0 Å². The molecule has 0 heterocycles. The van der Waals surface area contributed by atoms with Crippen molar-refractivity contribution in [3.8, 4) is 0 Å². The Morgan fingerprint density at radius 3 is 2.06 bits per heavy atom. The van der Waals surface area contributed by atoms with Gasteiger partial charge in [0.15, 0.2) is 15.6 Å². The quantitative estimate of drug-likeness (QED) is 0.796. The molecule has 0 amide bonds. The monoisotopic (exact) mass is 260 g/mol. The molecule has 0 saturated carbocycles. The van der Waals surface area contributed by atoms with E-state index in [0.717, 1.165) is 6.26 Å². The summed E-state index contributed by atoms with van der Waals surface area (Å²) in [6.45, 7) is 0. The molecule has 0 saturated heterocycles. The lowest BCUT2D eigenvalue weighted by Crippen LogP contribution is -2.09. The predicted octanol–water partition coefficient (Wildman–Crippen LogP) is 2.32. The van der Waals surface area contributed by atoms with Gasteiger partial charge in [0.05, 0.1) is 4.90 Å². The van der Waals surface area contributed by atoms with Gasteiger partial charge in [0, 0.05) is 17.4 Å². The van der Waals surface area contributed by atoms with E-state index in [4.69, 9.17) is 0 Å². The minimum atomic E-state index is -3.41. The Kier molecular flexibility index (Phi) is 3.30. The summed E-state index contributed by atoms with van der Waals surface area (Å²) in [5.41, 5.74) is 0.694. The summed E-state index contributed by atoms with van der Waals surface area (Å²) in [4.78, 5) is 12.3. The molecule has 2 aromatic carbocycles. The zero-order valence-electron chi connectivity index (χ0n) is 9.83. The fraction of sp³-hybridized carbons (Fsp3) is 0.0714. The van der Waals surface area contributed by atoms with E-state index in [2.05, 4.69) is 0 Å². The summed E-state index contributed by atoms with van der Waals surface area (Å²) in [5, 5.41) is 0. The van der Waals surface area contributed by atoms with Gasteiger partial charge in [-0.2, -0.15) is 0 Å². The van der Waals surface area contributed by atoms with Crippen LogP contribution in [0.25, 0.3) is 0 Å². The minimum Gasteiger partial charge on any atom is -0.289 e. The van der Waals surface area contributed by atoms with E-state index < -0.39 is 9.84 Å². The zero-order chi connectivity index (χ0) is 13.2. The first-order chi connectivity index (χ1) is 8.50. The number of ketones is 1. The fourth-order valence-corrected chi connectivity index (χ4v) is 2.61. The molecule has 4 heteroatoms. The molecule has 0 unspecified atom stereocenters. The lowest BCUT2D eigenvalue weighted by molar-refractivity contribution is 0.103. The molecule has 3 nitrogen and oxygen atoms in total. The zero-order valence-corrected chi connectivity index (χ0v) is 10.6. The summed E-state index contributed by atoms with van der Waals surface area (Å²) < 4.78 is 23.3. The first-order valence-electron chi connectivity index (χ1n) is 5.39. The number of hydrogen-bond acceptors (Lipinski definition) is 3. The van der Waals surface area contributed by atoms with E-state index in [0.29, 0.717) is 5.56 Å². The van der Waals surface area contributed by atoms with Crippen molar-refractivity contribution >= 4 is 15.6 Å². The van der Waals surface area contributed by atoms with Gasteiger partial charge >= 0.3 is 0 Å². The highest BCUT2D eigenvalue weighted by atomic mass is 32.2. The van der Waals surface area contributed by atoms with E-state index in [1.165, 1.54) is 12.1 Å². The van der Waals surface area contributed by atoms with Crippen LogP contribution in [0.3, 0.4) is 0 Å². The molecule has 18 heavy (non-hydrogen) atoms. The molecular formula is C14H12O3S. The van der Waals surface area contributed by atoms with Gasteiger partial charge in [-0.05, 0) is 12.1 Å². The Bertz CT molecular complexity index is 673. The van der Waals surface area contributed by atoms with Crippen LogP contribution in [0.4, 0.5) is 0 Å². The highest BCUT2D eigenvalue weighted by Gasteiger charge is 2.18. The molecule has 0 atom stereocenters. The standard InChI is InChI=1S/C14H12O3S/c1-18(16,17)13-10-6-5-9-12(13)14(15)11-7-3-2-4-8-11/h2-10H,1H3. The second-order valence-corrected chi connectivity index (χ2v) is 5.95. The average molecular weight is 260 g/mol. The maximum Gasteiger partial charge on any atom is 0.194 e. The van der Waals surface area contributed by atoms with Crippen LogP contribution in [-0.2, 0) is 9.84 Å². The summed E-state index contributed by atoms with van der Waals surface area (Å²) in [5.74, 6) is -0.281. The van der Waals surface area contributed by atoms with Crippen molar-refractivity contribution < 1.29 is 13.2 Å². The number of benzene rings is 2. The van der Waals surface area contributed by atoms with Crippen molar-refractivity contribution in [2.75, 3.05) is 6.26 Å². The van der Waals surface area contributed by atoms with E-state index in [9.17, 15) is 13.2 Å². The second kappa shape index (κ2) is 4.74. The summed E-state index contributed by atoms with van der Waals surface area (Å²) in [7, 11) is -3.41. The number of carbonyl (C=O) groups is 1. The Hall–Kier alpha value is -1.94. The Morgan fingerprint density at radius 1 is 0.889 bits per heavy atom. The van der Waals surface area contributed by atoms with Crippen molar-refractivity contribution in [1.82, 2.24) is 0 Å². The van der Waals surface area contributed by atoms with Crippen molar-refractivity contribution in [2.24, 2.45) is 0 Å². The van der Waals surface area contributed by atoms with E-state index in [-0.39, 0.29) is 16.2 Å². The largest absolute Gasteiger partial charge is 0.289 e. The average Bonchev–Trinajstić information content (AvgIpc) is 2.38. The molecule has 0 aliphatic rings. The number of carbonyl (C=O) groups excluding carboxylic acids is 1. The molecule has 0 aromatic heterocycles. The van der Waals surface area contributed by atoms with E-state index in [1.807, 2.05) is 0 Å². The first kappa shape index (κ1) is 12.5. The number of rotatable bonds is 3. The van der Waals surface area contributed by atoms with Crippen LogP contribution in [-0.4, -0.2) is 20.5 Å². The number of hydrogen-bond donors (Lipinski definition) is 0. The van der Waals surface area contributed by atoms with Crippen molar-refractivity contribution in [2.45, 2.75) is 4.90 Å². The van der Waals surface area contributed by atoms with Gasteiger partial charge in [-0.1, -0.05) is 42.5 Å². The van der Waals surface area contributed by atoms with Gasteiger partial charge in [0.25, 0.3) is 0 Å². The highest BCUT2D eigenvalue weighted by molar-refractivity contribution is 7.90.